The van der Waals surface area contributed by atoms with Crippen molar-refractivity contribution in [1.82, 2.24) is 14.9 Å². The van der Waals surface area contributed by atoms with Gasteiger partial charge in [0.2, 0.25) is 4.77 Å². The lowest BCUT2D eigenvalue weighted by molar-refractivity contribution is 0.590. The molecule has 0 amide bonds. The maximum atomic E-state index is 6.01. The predicted octanol–water partition coefficient (Wildman–Crippen LogP) is 5.44. The van der Waals surface area contributed by atoms with E-state index in [9.17, 15) is 0 Å². The Balaban J connectivity index is 1.96. The molecule has 4 nitrogen and oxygen atoms in total. The molecule has 6 heteroatoms. The highest BCUT2D eigenvalue weighted by Crippen LogP contribution is 2.25. The fourth-order valence-electron chi connectivity index (χ4n) is 2.42. The molecule has 0 saturated heterocycles. The molecular formula is C19H19ClN4S. The fourth-order valence-corrected chi connectivity index (χ4v) is 2.79. The highest BCUT2D eigenvalue weighted by atomic mass is 35.5. The Kier molecular flexibility index (Phi) is 4.88. The van der Waals surface area contributed by atoms with Gasteiger partial charge in [0.05, 0.1) is 6.21 Å². The van der Waals surface area contributed by atoms with E-state index in [-0.39, 0.29) is 5.41 Å². The largest absolute Gasteiger partial charge is 0.250 e. The number of hydrogen-bond donors (Lipinski definition) is 1. The van der Waals surface area contributed by atoms with Crippen LogP contribution in [0.25, 0.3) is 11.4 Å². The Morgan fingerprint density at radius 1 is 1.16 bits per heavy atom. The molecule has 2 aromatic carbocycles. The van der Waals surface area contributed by atoms with Crippen molar-refractivity contribution in [1.29, 1.82) is 0 Å². The topological polar surface area (TPSA) is 46.0 Å². The van der Waals surface area contributed by atoms with E-state index >= 15 is 0 Å². The van der Waals surface area contributed by atoms with Crippen LogP contribution in [-0.2, 0) is 5.41 Å². The van der Waals surface area contributed by atoms with E-state index in [0.717, 1.165) is 11.1 Å². The van der Waals surface area contributed by atoms with Gasteiger partial charge in [-0.2, -0.15) is 14.9 Å². The van der Waals surface area contributed by atoms with Crippen LogP contribution in [0.2, 0.25) is 5.02 Å². The van der Waals surface area contributed by atoms with Crippen LogP contribution in [0.3, 0.4) is 0 Å². The SMILES string of the molecule is CC(C)(C)c1ccc(-c2n[nH]c(=S)n2/N=C/c2cccc(Cl)c2)cc1. The Hall–Kier alpha value is -2.24. The molecule has 0 aliphatic heterocycles. The number of rotatable bonds is 3. The van der Waals surface area contributed by atoms with Crippen molar-refractivity contribution in [2.45, 2.75) is 26.2 Å². The summed E-state index contributed by atoms with van der Waals surface area (Å²) in [6, 6.07) is 15.8. The third kappa shape index (κ3) is 4.06. The van der Waals surface area contributed by atoms with Crippen molar-refractivity contribution in [3.8, 4) is 11.4 Å². The van der Waals surface area contributed by atoms with Gasteiger partial charge in [-0.05, 0) is 40.9 Å². The maximum absolute atomic E-state index is 6.01. The number of hydrogen-bond acceptors (Lipinski definition) is 3. The molecule has 3 rings (SSSR count). The van der Waals surface area contributed by atoms with Crippen LogP contribution < -0.4 is 0 Å². The summed E-state index contributed by atoms with van der Waals surface area (Å²) in [5.41, 5.74) is 3.21. The molecule has 0 atom stereocenters. The second-order valence-corrected chi connectivity index (χ2v) is 7.61. The van der Waals surface area contributed by atoms with Crippen molar-refractivity contribution < 1.29 is 0 Å². The summed E-state index contributed by atoms with van der Waals surface area (Å²) in [6.07, 6.45) is 1.71. The lowest BCUT2D eigenvalue weighted by Crippen LogP contribution is -2.10. The van der Waals surface area contributed by atoms with E-state index in [1.165, 1.54) is 5.56 Å². The molecule has 25 heavy (non-hydrogen) atoms. The fraction of sp³-hybridized carbons (Fsp3) is 0.211. The van der Waals surface area contributed by atoms with Crippen LogP contribution in [0.5, 0.6) is 0 Å². The first-order valence-electron chi connectivity index (χ1n) is 7.93. The van der Waals surface area contributed by atoms with Gasteiger partial charge in [0.15, 0.2) is 5.82 Å². The standard InChI is InChI=1S/C19H19ClN4S/c1-19(2,3)15-9-7-14(8-10-15)17-22-23-18(25)24(17)21-12-13-5-4-6-16(20)11-13/h4-12H,1-3H3,(H,23,25)/b21-12+. The normalized spacial score (nSPS) is 12.0. The van der Waals surface area contributed by atoms with Crippen molar-refractivity contribution in [2.24, 2.45) is 5.10 Å². The molecule has 0 aliphatic carbocycles. The molecule has 0 aliphatic rings. The van der Waals surface area contributed by atoms with E-state index in [1.54, 1.807) is 10.9 Å². The van der Waals surface area contributed by atoms with Gasteiger partial charge >= 0.3 is 0 Å². The number of H-pyrrole nitrogens is 1. The number of nitrogens with zero attached hydrogens (tertiary/aromatic N) is 3. The second-order valence-electron chi connectivity index (χ2n) is 6.79. The molecule has 128 valence electrons. The van der Waals surface area contributed by atoms with Crippen molar-refractivity contribution in [3.63, 3.8) is 0 Å². The third-order valence-electron chi connectivity index (χ3n) is 3.83. The Morgan fingerprint density at radius 3 is 2.52 bits per heavy atom. The average molecular weight is 371 g/mol. The molecular weight excluding hydrogens is 352 g/mol. The third-order valence-corrected chi connectivity index (χ3v) is 4.33. The molecule has 0 unspecified atom stereocenters. The van der Waals surface area contributed by atoms with E-state index in [1.807, 2.05) is 36.4 Å². The number of aromatic amines is 1. The summed E-state index contributed by atoms with van der Waals surface area (Å²) in [5.74, 6) is 0.670. The zero-order valence-corrected chi connectivity index (χ0v) is 15.9. The monoisotopic (exact) mass is 370 g/mol. The van der Waals surface area contributed by atoms with Gasteiger partial charge in [0.25, 0.3) is 0 Å². The summed E-state index contributed by atoms with van der Waals surface area (Å²) in [4.78, 5) is 0. The Morgan fingerprint density at radius 2 is 1.88 bits per heavy atom. The van der Waals surface area contributed by atoms with Crippen molar-refractivity contribution in [3.05, 3.63) is 69.5 Å². The Labute approximate surface area is 157 Å². The van der Waals surface area contributed by atoms with Gasteiger partial charge in [0, 0.05) is 10.6 Å². The van der Waals surface area contributed by atoms with Crippen LogP contribution in [0.15, 0.2) is 53.6 Å². The minimum Gasteiger partial charge on any atom is -0.250 e. The number of aromatic nitrogens is 3. The van der Waals surface area contributed by atoms with Gasteiger partial charge in [-0.1, -0.05) is 68.8 Å². The summed E-state index contributed by atoms with van der Waals surface area (Å²) >= 11 is 11.3. The van der Waals surface area contributed by atoms with E-state index < -0.39 is 0 Å². The molecule has 0 fully saturated rings. The molecule has 0 radical (unpaired) electrons. The molecule has 3 aromatic rings. The van der Waals surface area contributed by atoms with Crippen LogP contribution in [0, 0.1) is 4.77 Å². The predicted molar refractivity (Wildman–Crippen MR) is 106 cm³/mol. The van der Waals surface area contributed by atoms with Crippen LogP contribution in [0.1, 0.15) is 31.9 Å². The smallest absolute Gasteiger partial charge is 0.216 e. The first-order valence-corrected chi connectivity index (χ1v) is 8.71. The lowest BCUT2D eigenvalue weighted by Gasteiger charge is -2.18. The summed E-state index contributed by atoms with van der Waals surface area (Å²) in [6.45, 7) is 6.56. The number of benzene rings is 2. The molecule has 0 spiro atoms. The van der Waals surface area contributed by atoms with Gasteiger partial charge in [0.1, 0.15) is 0 Å². The van der Waals surface area contributed by atoms with Gasteiger partial charge in [-0.3, -0.25) is 0 Å². The second kappa shape index (κ2) is 6.94. The highest BCUT2D eigenvalue weighted by Gasteiger charge is 2.14. The summed E-state index contributed by atoms with van der Waals surface area (Å²) in [5, 5.41) is 12.2. The number of nitrogens with one attached hydrogen (secondary N) is 1. The lowest BCUT2D eigenvalue weighted by atomic mass is 9.87. The van der Waals surface area contributed by atoms with Crippen LogP contribution >= 0.6 is 23.8 Å². The van der Waals surface area contributed by atoms with E-state index in [4.69, 9.17) is 23.8 Å². The van der Waals surface area contributed by atoms with Crippen LogP contribution in [0.4, 0.5) is 0 Å². The average Bonchev–Trinajstić information content (AvgIpc) is 2.93. The Bertz CT molecular complexity index is 962. The molecule has 0 saturated carbocycles. The minimum atomic E-state index is 0.105. The number of halogens is 1. The molecule has 1 heterocycles. The molecule has 0 bridgehead atoms. The van der Waals surface area contributed by atoms with E-state index in [0.29, 0.717) is 15.6 Å². The van der Waals surface area contributed by atoms with Crippen molar-refractivity contribution >= 4 is 30.0 Å². The highest BCUT2D eigenvalue weighted by molar-refractivity contribution is 7.71. The zero-order chi connectivity index (χ0) is 18.0. The molecule has 1 aromatic heterocycles. The molecule has 1 N–H and O–H groups in total. The minimum absolute atomic E-state index is 0.105. The first-order chi connectivity index (χ1) is 11.8. The van der Waals surface area contributed by atoms with Crippen LogP contribution in [-0.4, -0.2) is 21.1 Å². The van der Waals surface area contributed by atoms with Crippen molar-refractivity contribution in [2.75, 3.05) is 0 Å². The summed E-state index contributed by atoms with van der Waals surface area (Å²) in [7, 11) is 0. The quantitative estimate of drug-likeness (QED) is 0.492. The first kappa shape index (κ1) is 17.6. The maximum Gasteiger partial charge on any atom is 0.216 e. The zero-order valence-electron chi connectivity index (χ0n) is 14.3. The van der Waals surface area contributed by atoms with Gasteiger partial charge in [-0.25, -0.2) is 5.10 Å². The van der Waals surface area contributed by atoms with Gasteiger partial charge < -0.3 is 0 Å². The summed E-state index contributed by atoms with van der Waals surface area (Å²) < 4.78 is 2.05. The van der Waals surface area contributed by atoms with E-state index in [2.05, 4.69) is 48.2 Å². The van der Waals surface area contributed by atoms with Gasteiger partial charge in [-0.15, -0.1) is 0 Å².